The van der Waals surface area contributed by atoms with Gasteiger partial charge in [-0.15, -0.1) is 12.4 Å². The van der Waals surface area contributed by atoms with Crippen LogP contribution in [-0.2, 0) is 6.18 Å². The molecule has 8 heteroatoms. The standard InChI is InChI=1S/C10H13F3N4.ClH/c1-7-4-14-2-3-17(7)9-6-15-8(5-16-9)10(11,12)13;/h5-7,14H,2-4H2,1H3;1H/t7-;/m0./s1. The number of aromatic nitrogens is 2. The van der Waals surface area contributed by atoms with Crippen LogP contribution in [0.5, 0.6) is 0 Å². The monoisotopic (exact) mass is 282 g/mol. The summed E-state index contributed by atoms with van der Waals surface area (Å²) in [6.45, 7) is 4.31. The van der Waals surface area contributed by atoms with Crippen molar-refractivity contribution < 1.29 is 13.2 Å². The Morgan fingerprint density at radius 3 is 2.56 bits per heavy atom. The molecule has 0 aromatic carbocycles. The lowest BCUT2D eigenvalue weighted by molar-refractivity contribution is -0.141. The first-order valence-corrected chi connectivity index (χ1v) is 5.35. The Bertz CT molecular complexity index is 382. The van der Waals surface area contributed by atoms with Crippen LogP contribution in [0.4, 0.5) is 19.0 Å². The van der Waals surface area contributed by atoms with Crippen LogP contribution < -0.4 is 10.2 Å². The number of nitrogens with one attached hydrogen (secondary N) is 1. The second-order valence-corrected chi connectivity index (χ2v) is 4.00. The van der Waals surface area contributed by atoms with Gasteiger partial charge < -0.3 is 10.2 Å². The van der Waals surface area contributed by atoms with E-state index in [1.807, 2.05) is 11.8 Å². The van der Waals surface area contributed by atoms with E-state index in [9.17, 15) is 13.2 Å². The summed E-state index contributed by atoms with van der Waals surface area (Å²) in [6.07, 6.45) is -2.46. The van der Waals surface area contributed by atoms with Gasteiger partial charge in [-0.05, 0) is 6.92 Å². The van der Waals surface area contributed by atoms with Gasteiger partial charge in [0.1, 0.15) is 5.82 Å². The summed E-state index contributed by atoms with van der Waals surface area (Å²) in [5.41, 5.74) is -0.955. The van der Waals surface area contributed by atoms with Gasteiger partial charge in [-0.3, -0.25) is 0 Å². The number of halogens is 4. The van der Waals surface area contributed by atoms with Gasteiger partial charge in [-0.2, -0.15) is 13.2 Å². The van der Waals surface area contributed by atoms with Gasteiger partial charge in [0.2, 0.25) is 0 Å². The molecule has 1 aromatic heterocycles. The van der Waals surface area contributed by atoms with Crippen LogP contribution in [0, 0.1) is 0 Å². The van der Waals surface area contributed by atoms with Crippen LogP contribution in [0.3, 0.4) is 0 Å². The van der Waals surface area contributed by atoms with Crippen molar-refractivity contribution in [1.29, 1.82) is 0 Å². The van der Waals surface area contributed by atoms with Gasteiger partial charge in [-0.1, -0.05) is 0 Å². The topological polar surface area (TPSA) is 41.0 Å². The predicted octanol–water partition coefficient (Wildman–Crippen LogP) is 1.72. The first-order valence-electron chi connectivity index (χ1n) is 5.35. The van der Waals surface area contributed by atoms with Crippen molar-refractivity contribution in [3.8, 4) is 0 Å². The molecule has 102 valence electrons. The number of anilines is 1. The molecule has 0 unspecified atom stereocenters. The minimum atomic E-state index is -4.43. The highest BCUT2D eigenvalue weighted by Gasteiger charge is 2.33. The fourth-order valence-electron chi connectivity index (χ4n) is 1.80. The summed E-state index contributed by atoms with van der Waals surface area (Å²) in [7, 11) is 0. The lowest BCUT2D eigenvalue weighted by Gasteiger charge is -2.34. The third-order valence-electron chi connectivity index (χ3n) is 2.72. The highest BCUT2D eigenvalue weighted by Crippen LogP contribution is 2.27. The largest absolute Gasteiger partial charge is 0.434 e. The molecular weight excluding hydrogens is 269 g/mol. The highest BCUT2D eigenvalue weighted by atomic mass is 35.5. The first kappa shape index (κ1) is 15.0. The average molecular weight is 283 g/mol. The molecule has 0 saturated carbocycles. The van der Waals surface area contributed by atoms with E-state index < -0.39 is 11.9 Å². The van der Waals surface area contributed by atoms with Crippen LogP contribution in [0.2, 0.25) is 0 Å². The van der Waals surface area contributed by atoms with Gasteiger partial charge in [0, 0.05) is 25.7 Å². The van der Waals surface area contributed by atoms with Crippen molar-refractivity contribution in [2.45, 2.75) is 19.1 Å². The third kappa shape index (κ3) is 3.23. The minimum absolute atomic E-state index is 0. The number of hydrogen-bond acceptors (Lipinski definition) is 4. The molecule has 0 spiro atoms. The van der Waals surface area contributed by atoms with Crippen LogP contribution in [0.25, 0.3) is 0 Å². The number of piperazine rings is 1. The molecule has 1 fully saturated rings. The summed E-state index contributed by atoms with van der Waals surface area (Å²) in [5, 5.41) is 3.20. The Morgan fingerprint density at radius 2 is 2.06 bits per heavy atom. The van der Waals surface area contributed by atoms with Crippen molar-refractivity contribution in [2.75, 3.05) is 24.5 Å². The molecule has 4 nitrogen and oxygen atoms in total. The van der Waals surface area contributed by atoms with Gasteiger partial charge >= 0.3 is 6.18 Å². The smallest absolute Gasteiger partial charge is 0.350 e. The zero-order valence-corrected chi connectivity index (χ0v) is 10.6. The molecule has 0 aliphatic carbocycles. The summed E-state index contributed by atoms with van der Waals surface area (Å²) in [6, 6.07) is 0.204. The van der Waals surface area contributed by atoms with Gasteiger partial charge in [0.05, 0.1) is 12.4 Å². The number of hydrogen-bond donors (Lipinski definition) is 1. The van der Waals surface area contributed by atoms with Crippen molar-refractivity contribution in [3.63, 3.8) is 0 Å². The highest BCUT2D eigenvalue weighted by molar-refractivity contribution is 5.85. The normalized spacial score (nSPS) is 20.4. The Labute approximate surface area is 109 Å². The second kappa shape index (κ2) is 5.71. The zero-order valence-electron chi connectivity index (χ0n) is 9.74. The fourth-order valence-corrected chi connectivity index (χ4v) is 1.80. The summed E-state index contributed by atoms with van der Waals surface area (Å²) < 4.78 is 36.9. The minimum Gasteiger partial charge on any atom is -0.350 e. The Morgan fingerprint density at radius 1 is 1.33 bits per heavy atom. The van der Waals surface area contributed by atoms with Crippen molar-refractivity contribution >= 4 is 18.2 Å². The van der Waals surface area contributed by atoms with E-state index in [2.05, 4.69) is 15.3 Å². The number of nitrogens with zero attached hydrogens (tertiary/aromatic N) is 3. The van der Waals surface area contributed by atoms with Crippen molar-refractivity contribution in [3.05, 3.63) is 18.1 Å². The van der Waals surface area contributed by atoms with Gasteiger partial charge in [0.15, 0.2) is 5.69 Å². The van der Waals surface area contributed by atoms with Gasteiger partial charge in [-0.25, -0.2) is 9.97 Å². The third-order valence-corrected chi connectivity index (χ3v) is 2.72. The Kier molecular flexibility index (Phi) is 4.75. The summed E-state index contributed by atoms with van der Waals surface area (Å²) in [4.78, 5) is 9.19. The lowest BCUT2D eigenvalue weighted by Crippen LogP contribution is -2.50. The molecule has 1 saturated heterocycles. The van der Waals surface area contributed by atoms with E-state index in [1.54, 1.807) is 0 Å². The first-order chi connectivity index (χ1) is 7.98. The molecule has 2 heterocycles. The number of rotatable bonds is 1. The lowest BCUT2D eigenvalue weighted by atomic mass is 10.2. The molecule has 1 atom stereocenters. The molecule has 0 bridgehead atoms. The summed E-state index contributed by atoms with van der Waals surface area (Å²) >= 11 is 0. The molecule has 0 amide bonds. The quantitative estimate of drug-likeness (QED) is 0.851. The maximum absolute atomic E-state index is 12.3. The molecule has 1 N–H and O–H groups in total. The van der Waals surface area contributed by atoms with Crippen LogP contribution >= 0.6 is 12.4 Å². The molecule has 2 rings (SSSR count). The zero-order chi connectivity index (χ0) is 12.5. The van der Waals surface area contributed by atoms with E-state index in [0.717, 1.165) is 25.8 Å². The van der Waals surface area contributed by atoms with E-state index >= 15 is 0 Å². The Hall–Kier alpha value is -1.08. The van der Waals surface area contributed by atoms with E-state index in [-0.39, 0.29) is 18.4 Å². The Balaban J connectivity index is 0.00000162. The van der Waals surface area contributed by atoms with E-state index in [0.29, 0.717) is 5.82 Å². The van der Waals surface area contributed by atoms with E-state index in [1.165, 1.54) is 6.20 Å². The van der Waals surface area contributed by atoms with Crippen LogP contribution in [-0.4, -0.2) is 35.6 Å². The summed E-state index contributed by atoms with van der Waals surface area (Å²) in [5.74, 6) is 0.493. The van der Waals surface area contributed by atoms with Crippen molar-refractivity contribution in [2.24, 2.45) is 0 Å². The number of alkyl halides is 3. The maximum Gasteiger partial charge on any atom is 0.434 e. The van der Waals surface area contributed by atoms with E-state index in [4.69, 9.17) is 0 Å². The predicted molar refractivity (Wildman–Crippen MR) is 64.0 cm³/mol. The maximum atomic E-state index is 12.3. The SMILES string of the molecule is C[C@H]1CNCCN1c1cnc(C(F)(F)F)cn1.Cl. The van der Waals surface area contributed by atoms with Crippen LogP contribution in [0.1, 0.15) is 12.6 Å². The average Bonchev–Trinajstić information content (AvgIpc) is 2.29. The second-order valence-electron chi connectivity index (χ2n) is 4.00. The molecule has 1 aromatic rings. The molecular formula is C10H14ClF3N4. The van der Waals surface area contributed by atoms with Gasteiger partial charge in [0.25, 0.3) is 0 Å². The molecule has 1 aliphatic rings. The fraction of sp³-hybridized carbons (Fsp3) is 0.600. The van der Waals surface area contributed by atoms with Crippen LogP contribution in [0.15, 0.2) is 12.4 Å². The van der Waals surface area contributed by atoms with Crippen molar-refractivity contribution in [1.82, 2.24) is 15.3 Å². The molecule has 1 aliphatic heterocycles. The molecule has 0 radical (unpaired) electrons. The molecule has 18 heavy (non-hydrogen) atoms.